The molecule has 3 rings (SSSR count). The van der Waals surface area contributed by atoms with E-state index in [1.54, 1.807) is 18.4 Å². The number of rotatable bonds is 3. The monoisotopic (exact) mass is 301 g/mol. The number of thiazole rings is 1. The maximum atomic E-state index is 5.91. The standard InChI is InChI=1S/C16H12ClNOS/c1-19-15-5-3-2-4-13(15)14-10-20-16(18-14)11-6-8-12(17)9-7-11/h2-10H,1H3. The third-order valence-corrected chi connectivity index (χ3v) is 4.12. The van der Waals surface area contributed by atoms with Crippen LogP contribution in [0.4, 0.5) is 0 Å². The van der Waals surface area contributed by atoms with Gasteiger partial charge in [0.2, 0.25) is 0 Å². The van der Waals surface area contributed by atoms with Crippen LogP contribution in [-0.2, 0) is 0 Å². The lowest BCUT2D eigenvalue weighted by molar-refractivity contribution is 0.416. The first-order chi connectivity index (χ1) is 9.78. The van der Waals surface area contributed by atoms with Crippen LogP contribution in [0.2, 0.25) is 5.02 Å². The van der Waals surface area contributed by atoms with E-state index in [4.69, 9.17) is 16.3 Å². The Balaban J connectivity index is 2.00. The third kappa shape index (κ3) is 2.55. The highest BCUT2D eigenvalue weighted by atomic mass is 35.5. The molecule has 0 spiro atoms. The van der Waals surface area contributed by atoms with Crippen LogP contribution in [-0.4, -0.2) is 12.1 Å². The first-order valence-electron chi connectivity index (χ1n) is 6.13. The van der Waals surface area contributed by atoms with E-state index in [-0.39, 0.29) is 0 Å². The lowest BCUT2D eigenvalue weighted by Gasteiger charge is -2.04. The summed E-state index contributed by atoms with van der Waals surface area (Å²) < 4.78 is 5.38. The Morgan fingerprint density at radius 1 is 1.05 bits per heavy atom. The fourth-order valence-corrected chi connectivity index (χ4v) is 2.93. The summed E-state index contributed by atoms with van der Waals surface area (Å²) >= 11 is 7.52. The second-order valence-electron chi connectivity index (χ2n) is 4.25. The van der Waals surface area contributed by atoms with Crippen LogP contribution < -0.4 is 4.74 Å². The summed E-state index contributed by atoms with van der Waals surface area (Å²) in [7, 11) is 1.67. The average molecular weight is 302 g/mol. The number of aromatic nitrogens is 1. The number of halogens is 1. The van der Waals surface area contributed by atoms with E-state index >= 15 is 0 Å². The molecule has 3 aromatic rings. The van der Waals surface area contributed by atoms with E-state index in [9.17, 15) is 0 Å². The first-order valence-corrected chi connectivity index (χ1v) is 7.38. The van der Waals surface area contributed by atoms with Crippen molar-refractivity contribution in [2.75, 3.05) is 7.11 Å². The Kier molecular flexibility index (Phi) is 3.72. The SMILES string of the molecule is COc1ccccc1-c1csc(-c2ccc(Cl)cc2)n1. The van der Waals surface area contributed by atoms with Crippen molar-refractivity contribution in [1.82, 2.24) is 4.98 Å². The van der Waals surface area contributed by atoms with Gasteiger partial charge in [-0.05, 0) is 24.3 Å². The summed E-state index contributed by atoms with van der Waals surface area (Å²) in [4.78, 5) is 4.68. The third-order valence-electron chi connectivity index (χ3n) is 2.98. The molecule has 0 saturated heterocycles. The number of para-hydroxylation sites is 1. The zero-order valence-corrected chi connectivity index (χ0v) is 12.4. The minimum atomic E-state index is 0.732. The number of ether oxygens (including phenoxy) is 1. The van der Waals surface area contributed by atoms with Crippen LogP contribution in [0, 0.1) is 0 Å². The fraction of sp³-hybridized carbons (Fsp3) is 0.0625. The quantitative estimate of drug-likeness (QED) is 0.668. The second kappa shape index (κ2) is 5.65. The van der Waals surface area contributed by atoms with Gasteiger partial charge in [-0.25, -0.2) is 4.98 Å². The number of hydrogen-bond donors (Lipinski definition) is 0. The molecule has 20 heavy (non-hydrogen) atoms. The van der Waals surface area contributed by atoms with Gasteiger partial charge < -0.3 is 4.74 Å². The van der Waals surface area contributed by atoms with Gasteiger partial charge in [0.05, 0.1) is 12.8 Å². The smallest absolute Gasteiger partial charge is 0.128 e. The fourth-order valence-electron chi connectivity index (χ4n) is 1.98. The molecule has 1 aromatic heterocycles. The second-order valence-corrected chi connectivity index (χ2v) is 5.54. The molecule has 0 bridgehead atoms. The molecule has 0 aliphatic heterocycles. The molecule has 2 aromatic carbocycles. The molecule has 0 saturated carbocycles. The van der Waals surface area contributed by atoms with Crippen molar-refractivity contribution >= 4 is 22.9 Å². The summed E-state index contributed by atoms with van der Waals surface area (Å²) in [5.74, 6) is 0.834. The maximum Gasteiger partial charge on any atom is 0.128 e. The first kappa shape index (κ1) is 13.2. The predicted molar refractivity (Wildman–Crippen MR) is 84.5 cm³/mol. The highest BCUT2D eigenvalue weighted by Crippen LogP contribution is 2.33. The van der Waals surface area contributed by atoms with Gasteiger partial charge in [0.1, 0.15) is 10.8 Å². The number of methoxy groups -OCH3 is 1. The van der Waals surface area contributed by atoms with Crippen molar-refractivity contribution in [3.8, 4) is 27.6 Å². The van der Waals surface area contributed by atoms with Gasteiger partial charge in [0.25, 0.3) is 0 Å². The minimum Gasteiger partial charge on any atom is -0.496 e. The van der Waals surface area contributed by atoms with E-state index in [0.717, 1.165) is 32.6 Å². The minimum absolute atomic E-state index is 0.732. The van der Waals surface area contributed by atoms with Crippen LogP contribution >= 0.6 is 22.9 Å². The van der Waals surface area contributed by atoms with Gasteiger partial charge in [-0.3, -0.25) is 0 Å². The zero-order chi connectivity index (χ0) is 13.9. The lowest BCUT2D eigenvalue weighted by atomic mass is 10.1. The molecule has 1 heterocycles. The molecular weight excluding hydrogens is 290 g/mol. The molecule has 0 N–H and O–H groups in total. The average Bonchev–Trinajstić information content (AvgIpc) is 2.97. The topological polar surface area (TPSA) is 22.1 Å². The predicted octanol–water partition coefficient (Wildman–Crippen LogP) is 5.14. The van der Waals surface area contributed by atoms with Crippen molar-refractivity contribution in [3.63, 3.8) is 0 Å². The zero-order valence-electron chi connectivity index (χ0n) is 10.8. The van der Waals surface area contributed by atoms with Gasteiger partial charge in [0.15, 0.2) is 0 Å². The molecule has 0 amide bonds. The number of benzene rings is 2. The van der Waals surface area contributed by atoms with Crippen LogP contribution in [0.3, 0.4) is 0 Å². The van der Waals surface area contributed by atoms with Gasteiger partial charge >= 0.3 is 0 Å². The van der Waals surface area contributed by atoms with Crippen molar-refractivity contribution in [1.29, 1.82) is 0 Å². The molecule has 0 unspecified atom stereocenters. The van der Waals surface area contributed by atoms with Crippen LogP contribution in [0.5, 0.6) is 5.75 Å². The Hall–Kier alpha value is -1.84. The van der Waals surface area contributed by atoms with Crippen molar-refractivity contribution in [2.24, 2.45) is 0 Å². The molecule has 2 nitrogen and oxygen atoms in total. The van der Waals surface area contributed by atoms with Gasteiger partial charge in [-0.2, -0.15) is 0 Å². The Bertz CT molecular complexity index is 721. The van der Waals surface area contributed by atoms with Gasteiger partial charge in [0, 0.05) is 21.5 Å². The van der Waals surface area contributed by atoms with Crippen molar-refractivity contribution < 1.29 is 4.74 Å². The molecule has 0 fully saturated rings. The van der Waals surface area contributed by atoms with Gasteiger partial charge in [-0.15, -0.1) is 11.3 Å². The molecule has 0 atom stereocenters. The summed E-state index contributed by atoms with van der Waals surface area (Å²) in [6.45, 7) is 0. The van der Waals surface area contributed by atoms with Crippen molar-refractivity contribution in [3.05, 3.63) is 58.9 Å². The van der Waals surface area contributed by atoms with E-state index in [0.29, 0.717) is 0 Å². The molecule has 4 heteroatoms. The number of hydrogen-bond acceptors (Lipinski definition) is 3. The Labute approximate surface area is 126 Å². The van der Waals surface area contributed by atoms with Crippen LogP contribution in [0.25, 0.3) is 21.8 Å². The van der Waals surface area contributed by atoms with E-state index in [2.05, 4.69) is 4.98 Å². The molecule has 0 aliphatic rings. The highest BCUT2D eigenvalue weighted by molar-refractivity contribution is 7.13. The Morgan fingerprint density at radius 3 is 2.55 bits per heavy atom. The highest BCUT2D eigenvalue weighted by Gasteiger charge is 2.10. The molecular formula is C16H12ClNOS. The van der Waals surface area contributed by atoms with E-state index in [1.165, 1.54) is 0 Å². The normalized spacial score (nSPS) is 10.5. The van der Waals surface area contributed by atoms with E-state index in [1.807, 2.05) is 53.9 Å². The van der Waals surface area contributed by atoms with Crippen LogP contribution in [0.15, 0.2) is 53.9 Å². The summed E-state index contributed by atoms with van der Waals surface area (Å²) in [6, 6.07) is 15.6. The number of nitrogens with zero attached hydrogens (tertiary/aromatic N) is 1. The summed E-state index contributed by atoms with van der Waals surface area (Å²) in [6.07, 6.45) is 0. The molecule has 0 radical (unpaired) electrons. The largest absolute Gasteiger partial charge is 0.496 e. The summed E-state index contributed by atoms with van der Waals surface area (Å²) in [5.41, 5.74) is 3.00. The van der Waals surface area contributed by atoms with Crippen molar-refractivity contribution in [2.45, 2.75) is 0 Å². The van der Waals surface area contributed by atoms with E-state index < -0.39 is 0 Å². The molecule has 100 valence electrons. The molecule has 0 aliphatic carbocycles. The van der Waals surface area contributed by atoms with Gasteiger partial charge in [-0.1, -0.05) is 35.9 Å². The summed E-state index contributed by atoms with van der Waals surface area (Å²) in [5, 5.41) is 3.75. The maximum absolute atomic E-state index is 5.91. The lowest BCUT2D eigenvalue weighted by Crippen LogP contribution is -1.87. The Morgan fingerprint density at radius 2 is 1.80 bits per heavy atom. The van der Waals surface area contributed by atoms with Crippen LogP contribution in [0.1, 0.15) is 0 Å².